The van der Waals surface area contributed by atoms with Gasteiger partial charge in [-0.3, -0.25) is 4.79 Å². The number of carbonyl (C=O) groups excluding carboxylic acids is 1. The van der Waals surface area contributed by atoms with Crippen LogP contribution in [-0.2, 0) is 0 Å². The number of piperidine rings is 1. The first-order valence-corrected chi connectivity index (χ1v) is 10.00. The first-order valence-electron chi connectivity index (χ1n) is 10.00. The Morgan fingerprint density at radius 1 is 1.21 bits per heavy atom. The molecule has 1 unspecified atom stereocenters. The highest BCUT2D eigenvalue weighted by atomic mass is 16.6. The van der Waals surface area contributed by atoms with Crippen LogP contribution in [0.25, 0.3) is 0 Å². The maximum absolute atomic E-state index is 12.9. The molecule has 1 fully saturated rings. The first-order chi connectivity index (χ1) is 14.1. The molecule has 1 aromatic heterocycles. The fraction of sp³-hybridized carbons (Fsp3) is 0.455. The van der Waals surface area contributed by atoms with Crippen LogP contribution in [0.15, 0.2) is 39.5 Å². The van der Waals surface area contributed by atoms with E-state index in [1.165, 1.54) is 0 Å². The first kappa shape index (κ1) is 19.5. The predicted molar refractivity (Wildman–Crippen MR) is 105 cm³/mol. The summed E-state index contributed by atoms with van der Waals surface area (Å²) >= 11 is 0. The Balaban J connectivity index is 1.51. The molecule has 0 saturated carbocycles. The second-order valence-corrected chi connectivity index (χ2v) is 7.61. The number of fused-ring (bicyclic) bond motifs is 1. The third-order valence-electron chi connectivity index (χ3n) is 5.65. The third-order valence-corrected chi connectivity index (χ3v) is 5.65. The van der Waals surface area contributed by atoms with Gasteiger partial charge in [-0.25, -0.2) is 4.79 Å². The summed E-state index contributed by atoms with van der Waals surface area (Å²) in [5, 5.41) is 9.08. The van der Waals surface area contributed by atoms with Crippen molar-refractivity contribution in [3.05, 3.63) is 57.6 Å². The van der Waals surface area contributed by atoms with Crippen LogP contribution in [0.2, 0.25) is 0 Å². The molecule has 2 aromatic rings. The monoisotopic (exact) mass is 399 g/mol. The number of hydrogen-bond acceptors (Lipinski definition) is 6. The fourth-order valence-electron chi connectivity index (χ4n) is 3.97. The number of benzene rings is 1. The molecule has 0 aliphatic carbocycles. The van der Waals surface area contributed by atoms with Gasteiger partial charge in [-0.1, -0.05) is 12.1 Å². The molecule has 29 heavy (non-hydrogen) atoms. The van der Waals surface area contributed by atoms with Gasteiger partial charge in [0.2, 0.25) is 0 Å². The summed E-state index contributed by atoms with van der Waals surface area (Å²) in [6.07, 6.45) is 1.88. The minimum atomic E-state index is -0.648. The largest absolute Gasteiger partial charge is 0.485 e. The number of rotatable bonds is 4. The molecule has 1 saturated heterocycles. The van der Waals surface area contributed by atoms with Crippen LogP contribution in [0.1, 0.15) is 47.0 Å². The van der Waals surface area contributed by atoms with E-state index >= 15 is 0 Å². The Hall–Kier alpha value is -2.80. The number of aliphatic hydroxyl groups excluding tert-OH is 1. The molecule has 0 radical (unpaired) electrons. The van der Waals surface area contributed by atoms with E-state index < -0.39 is 11.7 Å². The topological polar surface area (TPSA) is 89.2 Å². The number of para-hydroxylation sites is 2. The van der Waals surface area contributed by atoms with Crippen molar-refractivity contribution in [1.82, 2.24) is 4.90 Å². The van der Waals surface area contributed by atoms with Gasteiger partial charge in [0.15, 0.2) is 23.4 Å². The van der Waals surface area contributed by atoms with Gasteiger partial charge in [0.1, 0.15) is 12.2 Å². The second-order valence-electron chi connectivity index (χ2n) is 7.61. The molecule has 1 N–H and O–H groups in total. The van der Waals surface area contributed by atoms with Crippen LogP contribution in [0.5, 0.6) is 11.5 Å². The minimum Gasteiger partial charge on any atom is -0.485 e. The quantitative estimate of drug-likeness (QED) is 0.850. The van der Waals surface area contributed by atoms with Crippen molar-refractivity contribution in [3.8, 4) is 11.5 Å². The van der Waals surface area contributed by atoms with E-state index in [9.17, 15) is 9.59 Å². The predicted octanol–water partition coefficient (Wildman–Crippen LogP) is 2.70. The van der Waals surface area contributed by atoms with Crippen molar-refractivity contribution in [2.24, 2.45) is 5.92 Å². The lowest BCUT2D eigenvalue weighted by Crippen LogP contribution is -2.41. The molecule has 1 aromatic carbocycles. The van der Waals surface area contributed by atoms with E-state index in [4.69, 9.17) is 19.0 Å². The summed E-state index contributed by atoms with van der Waals surface area (Å²) < 4.78 is 17.1. The molecule has 4 rings (SSSR count). The summed E-state index contributed by atoms with van der Waals surface area (Å²) in [6.45, 7) is 3.30. The fourth-order valence-corrected chi connectivity index (χ4v) is 3.97. The molecule has 2 aliphatic heterocycles. The van der Waals surface area contributed by atoms with E-state index in [0.717, 1.165) is 19.3 Å². The molecule has 2 aliphatic rings. The molecule has 1 amide bonds. The maximum Gasteiger partial charge on any atom is 0.349 e. The zero-order valence-corrected chi connectivity index (χ0v) is 16.4. The van der Waals surface area contributed by atoms with Crippen molar-refractivity contribution in [3.63, 3.8) is 0 Å². The van der Waals surface area contributed by atoms with Crippen molar-refractivity contribution in [2.75, 3.05) is 26.3 Å². The third kappa shape index (κ3) is 4.00. The summed E-state index contributed by atoms with van der Waals surface area (Å²) in [5.74, 6) is 1.72. The summed E-state index contributed by atoms with van der Waals surface area (Å²) in [4.78, 5) is 27.3. The highest BCUT2D eigenvalue weighted by Gasteiger charge is 2.30. The summed E-state index contributed by atoms with van der Waals surface area (Å²) in [6, 6.07) is 9.01. The minimum absolute atomic E-state index is 0.0755. The van der Waals surface area contributed by atoms with Gasteiger partial charge in [0, 0.05) is 19.7 Å². The number of carbonyl (C=O) groups is 1. The van der Waals surface area contributed by atoms with Gasteiger partial charge in [0.05, 0.1) is 0 Å². The van der Waals surface area contributed by atoms with Gasteiger partial charge in [0.25, 0.3) is 5.91 Å². The van der Waals surface area contributed by atoms with E-state index in [1.54, 1.807) is 24.0 Å². The molecular formula is C22H25NO6. The van der Waals surface area contributed by atoms with Gasteiger partial charge in [-0.05, 0) is 55.9 Å². The zero-order valence-electron chi connectivity index (χ0n) is 16.4. The molecule has 1 atom stereocenters. The molecule has 3 heterocycles. The van der Waals surface area contributed by atoms with Crippen LogP contribution in [0.3, 0.4) is 0 Å². The maximum atomic E-state index is 12.9. The molecular weight excluding hydrogens is 374 g/mol. The number of nitrogens with zero attached hydrogens (tertiary/aromatic N) is 1. The summed E-state index contributed by atoms with van der Waals surface area (Å²) in [5.41, 5.74) is -0.00221. The normalized spacial score (nSPS) is 19.2. The number of aryl methyl sites for hydroxylation is 1. The summed E-state index contributed by atoms with van der Waals surface area (Å²) in [7, 11) is 0. The number of aliphatic hydroxyl groups is 1. The van der Waals surface area contributed by atoms with E-state index in [0.29, 0.717) is 41.8 Å². The van der Waals surface area contributed by atoms with Gasteiger partial charge in [-0.15, -0.1) is 0 Å². The van der Waals surface area contributed by atoms with Crippen molar-refractivity contribution in [2.45, 2.75) is 32.3 Å². The Morgan fingerprint density at radius 2 is 1.93 bits per heavy atom. The molecule has 0 bridgehead atoms. The molecule has 7 heteroatoms. The highest BCUT2D eigenvalue weighted by molar-refractivity contribution is 5.95. The van der Waals surface area contributed by atoms with Crippen LogP contribution in [0, 0.1) is 12.8 Å². The number of amides is 1. The van der Waals surface area contributed by atoms with E-state index in [2.05, 4.69) is 0 Å². The SMILES string of the molecule is Cc1cc(C2COc3ccccc3O2)oc(=O)c1C(=O)N1CCC(CCO)CC1. The van der Waals surface area contributed by atoms with Crippen molar-refractivity contribution in [1.29, 1.82) is 0 Å². The number of ether oxygens (including phenoxy) is 2. The second kappa shape index (κ2) is 8.29. The lowest BCUT2D eigenvalue weighted by atomic mass is 9.93. The zero-order chi connectivity index (χ0) is 20.4. The van der Waals surface area contributed by atoms with Crippen LogP contribution in [-0.4, -0.2) is 42.2 Å². The molecule has 0 spiro atoms. The van der Waals surface area contributed by atoms with Crippen LogP contribution < -0.4 is 15.1 Å². The van der Waals surface area contributed by atoms with E-state index in [1.807, 2.05) is 18.2 Å². The highest BCUT2D eigenvalue weighted by Crippen LogP contribution is 2.36. The number of likely N-dealkylation sites (tertiary alicyclic amines) is 1. The van der Waals surface area contributed by atoms with Gasteiger partial charge >= 0.3 is 5.63 Å². The van der Waals surface area contributed by atoms with Gasteiger partial charge < -0.3 is 23.9 Å². The van der Waals surface area contributed by atoms with Gasteiger partial charge in [-0.2, -0.15) is 0 Å². The van der Waals surface area contributed by atoms with E-state index in [-0.39, 0.29) is 24.7 Å². The molecule has 7 nitrogen and oxygen atoms in total. The van der Waals surface area contributed by atoms with Crippen molar-refractivity contribution < 1.29 is 23.8 Å². The lowest BCUT2D eigenvalue weighted by Gasteiger charge is -2.32. The Labute approximate surface area is 168 Å². The standard InChI is InChI=1S/C22H25NO6/c1-14-12-18(19-13-27-16-4-2-3-5-17(16)28-19)29-22(26)20(14)21(25)23-9-6-15(7-10-23)8-11-24/h2-5,12,15,19,24H,6-11,13H2,1H3. The van der Waals surface area contributed by atoms with Crippen LogP contribution >= 0.6 is 0 Å². The number of hydrogen-bond donors (Lipinski definition) is 1. The average molecular weight is 399 g/mol. The Kier molecular flexibility index (Phi) is 5.58. The Bertz CT molecular complexity index is 945. The average Bonchev–Trinajstić information content (AvgIpc) is 2.73. The van der Waals surface area contributed by atoms with Crippen LogP contribution in [0.4, 0.5) is 0 Å². The van der Waals surface area contributed by atoms with Crippen molar-refractivity contribution >= 4 is 5.91 Å². The Morgan fingerprint density at radius 3 is 2.62 bits per heavy atom. The smallest absolute Gasteiger partial charge is 0.349 e. The lowest BCUT2D eigenvalue weighted by molar-refractivity contribution is 0.0654. The molecule has 154 valence electrons.